The molecule has 0 heterocycles. The average Bonchev–Trinajstić information content (AvgIpc) is 2.38. The van der Waals surface area contributed by atoms with E-state index in [0.29, 0.717) is 10.4 Å². The van der Waals surface area contributed by atoms with Crippen LogP contribution in [0.15, 0.2) is 42.5 Å². The van der Waals surface area contributed by atoms with Crippen molar-refractivity contribution in [1.82, 2.24) is 0 Å². The molecule has 2 aromatic carbocycles. The van der Waals surface area contributed by atoms with E-state index >= 15 is 0 Å². The van der Waals surface area contributed by atoms with Crippen LogP contribution in [-0.2, 0) is 5.33 Å². The molecule has 0 amide bonds. The molecule has 0 atom stereocenters. The zero-order valence-electron chi connectivity index (χ0n) is 10.0. The monoisotopic (exact) mass is 364 g/mol. The molecule has 106 valence electrons. The minimum atomic E-state index is -4.68. The Morgan fingerprint density at radius 2 is 1.70 bits per heavy atom. The van der Waals surface area contributed by atoms with Crippen molar-refractivity contribution in [2.45, 2.75) is 11.7 Å². The highest BCUT2D eigenvalue weighted by Gasteiger charge is 2.30. The van der Waals surface area contributed by atoms with E-state index in [1.54, 1.807) is 18.2 Å². The van der Waals surface area contributed by atoms with Gasteiger partial charge in [0.1, 0.15) is 5.75 Å². The van der Waals surface area contributed by atoms with Crippen molar-refractivity contribution < 1.29 is 17.9 Å². The molecule has 0 spiro atoms. The molecule has 0 bridgehead atoms. The second-order valence-corrected chi connectivity index (χ2v) is 5.00. The number of alkyl halides is 4. The van der Waals surface area contributed by atoms with Crippen LogP contribution in [0.5, 0.6) is 5.75 Å². The van der Waals surface area contributed by atoms with Crippen LogP contribution in [-0.4, -0.2) is 6.36 Å². The zero-order chi connectivity index (χ0) is 14.8. The number of hydrogen-bond donors (Lipinski definition) is 0. The smallest absolute Gasteiger partial charge is 0.406 e. The Kier molecular flexibility index (Phi) is 4.60. The summed E-state index contributed by atoms with van der Waals surface area (Å²) in [6, 6.07) is 11.1. The fraction of sp³-hybridized carbons (Fsp3) is 0.143. The van der Waals surface area contributed by atoms with E-state index in [2.05, 4.69) is 20.7 Å². The van der Waals surface area contributed by atoms with Crippen molar-refractivity contribution in [3.05, 3.63) is 53.1 Å². The first-order chi connectivity index (χ1) is 9.39. The van der Waals surface area contributed by atoms with E-state index in [4.69, 9.17) is 11.6 Å². The van der Waals surface area contributed by atoms with Crippen LogP contribution < -0.4 is 4.74 Å². The predicted molar refractivity (Wildman–Crippen MR) is 76.2 cm³/mol. The summed E-state index contributed by atoms with van der Waals surface area (Å²) >= 11 is 9.28. The molecule has 0 unspecified atom stereocenters. The molecule has 6 heteroatoms. The molecular formula is C14H9BrClF3O. The summed E-state index contributed by atoms with van der Waals surface area (Å²) < 4.78 is 40.1. The quantitative estimate of drug-likeness (QED) is 0.625. The van der Waals surface area contributed by atoms with Gasteiger partial charge < -0.3 is 4.74 Å². The second kappa shape index (κ2) is 6.06. The third-order valence-corrected chi connectivity index (χ3v) is 3.45. The molecule has 2 aromatic rings. The SMILES string of the molecule is FC(F)(F)Oc1ccc(-c2ccc(Cl)cc2CBr)cc1. The molecule has 0 radical (unpaired) electrons. The van der Waals surface area contributed by atoms with E-state index < -0.39 is 6.36 Å². The largest absolute Gasteiger partial charge is 0.573 e. The van der Waals surface area contributed by atoms with E-state index in [-0.39, 0.29) is 5.75 Å². The van der Waals surface area contributed by atoms with Gasteiger partial charge in [0.15, 0.2) is 0 Å². The Morgan fingerprint density at radius 1 is 1.05 bits per heavy atom. The number of ether oxygens (including phenoxy) is 1. The Hall–Kier alpha value is -1.20. The third-order valence-electron chi connectivity index (χ3n) is 2.61. The van der Waals surface area contributed by atoms with Crippen molar-refractivity contribution in [3.63, 3.8) is 0 Å². The van der Waals surface area contributed by atoms with Crippen LogP contribution in [0.2, 0.25) is 5.02 Å². The fourth-order valence-electron chi connectivity index (χ4n) is 1.79. The molecule has 0 saturated carbocycles. The summed E-state index contributed by atoms with van der Waals surface area (Å²) in [7, 11) is 0. The van der Waals surface area contributed by atoms with Gasteiger partial charge in [-0.3, -0.25) is 0 Å². The Balaban J connectivity index is 2.30. The molecule has 0 fully saturated rings. The van der Waals surface area contributed by atoms with Gasteiger partial charge >= 0.3 is 6.36 Å². The van der Waals surface area contributed by atoms with Crippen molar-refractivity contribution >= 4 is 27.5 Å². The van der Waals surface area contributed by atoms with Gasteiger partial charge in [0.2, 0.25) is 0 Å². The summed E-state index contributed by atoms with van der Waals surface area (Å²) in [6.07, 6.45) is -4.68. The van der Waals surface area contributed by atoms with Gasteiger partial charge in [-0.2, -0.15) is 0 Å². The molecule has 0 aliphatic rings. The summed E-state index contributed by atoms with van der Waals surface area (Å²) in [5.41, 5.74) is 2.66. The van der Waals surface area contributed by atoms with Crippen molar-refractivity contribution in [1.29, 1.82) is 0 Å². The summed E-state index contributed by atoms with van der Waals surface area (Å²) in [4.78, 5) is 0. The highest BCUT2D eigenvalue weighted by atomic mass is 79.9. The highest BCUT2D eigenvalue weighted by Crippen LogP contribution is 2.30. The fourth-order valence-corrected chi connectivity index (χ4v) is 2.45. The molecule has 0 aliphatic heterocycles. The molecule has 0 aromatic heterocycles. The normalized spacial score (nSPS) is 11.4. The van der Waals surface area contributed by atoms with Crippen LogP contribution in [0.4, 0.5) is 13.2 Å². The van der Waals surface area contributed by atoms with E-state index in [9.17, 15) is 13.2 Å². The lowest BCUT2D eigenvalue weighted by molar-refractivity contribution is -0.274. The topological polar surface area (TPSA) is 9.23 Å². The van der Waals surface area contributed by atoms with Gasteiger partial charge in [-0.25, -0.2) is 0 Å². The molecule has 0 N–H and O–H groups in total. The second-order valence-electron chi connectivity index (χ2n) is 4.01. The molecule has 0 aliphatic carbocycles. The van der Waals surface area contributed by atoms with Gasteiger partial charge in [0.05, 0.1) is 0 Å². The van der Waals surface area contributed by atoms with E-state index in [1.165, 1.54) is 12.1 Å². The number of benzene rings is 2. The number of hydrogen-bond acceptors (Lipinski definition) is 1. The first-order valence-electron chi connectivity index (χ1n) is 5.59. The Bertz CT molecular complexity index is 596. The maximum atomic E-state index is 12.1. The van der Waals surface area contributed by atoms with Gasteiger partial charge in [-0.1, -0.05) is 45.7 Å². The standard InChI is InChI=1S/C14H9BrClF3O/c15-8-10-7-11(16)3-6-13(10)9-1-4-12(5-2-9)20-14(17,18)19/h1-7H,8H2. The van der Waals surface area contributed by atoms with Crippen molar-refractivity contribution in [2.75, 3.05) is 0 Å². The highest BCUT2D eigenvalue weighted by molar-refractivity contribution is 9.08. The lowest BCUT2D eigenvalue weighted by Crippen LogP contribution is -2.16. The summed E-state index contributed by atoms with van der Waals surface area (Å²) in [5, 5.41) is 1.21. The Labute approximate surface area is 127 Å². The molecule has 20 heavy (non-hydrogen) atoms. The Morgan fingerprint density at radius 3 is 2.25 bits per heavy atom. The average molecular weight is 366 g/mol. The lowest BCUT2D eigenvalue weighted by atomic mass is 10.0. The minimum Gasteiger partial charge on any atom is -0.406 e. The predicted octanol–water partition coefficient (Wildman–Crippen LogP) is 5.80. The third kappa shape index (κ3) is 3.90. The molecule has 0 saturated heterocycles. The van der Waals surface area contributed by atoms with Gasteiger partial charge in [-0.05, 0) is 41.0 Å². The number of halogens is 5. The maximum absolute atomic E-state index is 12.1. The van der Waals surface area contributed by atoms with E-state index in [1.807, 2.05) is 12.1 Å². The molecule has 1 nitrogen and oxygen atoms in total. The van der Waals surface area contributed by atoms with Crippen LogP contribution in [0.1, 0.15) is 5.56 Å². The van der Waals surface area contributed by atoms with Gasteiger partial charge in [0.25, 0.3) is 0 Å². The van der Waals surface area contributed by atoms with Crippen LogP contribution in [0, 0.1) is 0 Å². The van der Waals surface area contributed by atoms with Crippen molar-refractivity contribution in [2.24, 2.45) is 0 Å². The summed E-state index contributed by atoms with van der Waals surface area (Å²) in [6.45, 7) is 0. The van der Waals surface area contributed by atoms with Crippen molar-refractivity contribution in [3.8, 4) is 16.9 Å². The van der Waals surface area contributed by atoms with Gasteiger partial charge in [-0.15, -0.1) is 13.2 Å². The number of rotatable bonds is 3. The van der Waals surface area contributed by atoms with Gasteiger partial charge in [0, 0.05) is 10.4 Å². The van der Waals surface area contributed by atoms with Crippen LogP contribution >= 0.6 is 27.5 Å². The summed E-state index contributed by atoms with van der Waals surface area (Å²) in [5.74, 6) is -0.240. The first-order valence-corrected chi connectivity index (χ1v) is 7.09. The molecule has 2 rings (SSSR count). The first kappa shape index (κ1) is 15.2. The zero-order valence-corrected chi connectivity index (χ0v) is 12.4. The molecular weight excluding hydrogens is 357 g/mol. The maximum Gasteiger partial charge on any atom is 0.573 e. The van der Waals surface area contributed by atoms with Crippen LogP contribution in [0.25, 0.3) is 11.1 Å². The lowest BCUT2D eigenvalue weighted by Gasteiger charge is -2.11. The van der Waals surface area contributed by atoms with E-state index in [0.717, 1.165) is 16.7 Å². The van der Waals surface area contributed by atoms with Crippen LogP contribution in [0.3, 0.4) is 0 Å². The minimum absolute atomic E-state index is 0.240.